The lowest BCUT2D eigenvalue weighted by molar-refractivity contribution is -0.117. The molecule has 1 saturated heterocycles. The molecule has 2 aromatic heterocycles. The van der Waals surface area contributed by atoms with Gasteiger partial charge in [-0.3, -0.25) is 23.9 Å². The fraction of sp³-hybridized carbons (Fsp3) is 0.292. The standard InChI is InChI=1S/C24H24ClFN4O4S/c1-2-34-19-13-29(12-18(19)28-24(33)20-8-9-21(25)35-20)14-22(31)27-17-7-6-15(11-16(17)26)30-10-4-3-5-23(30)32/h3-11,18-19H,2,12-14H2,1H3,(H,27,31)(H,28,33)/t18-,19-/m0/s1. The molecule has 2 N–H and O–H groups in total. The van der Waals surface area contributed by atoms with E-state index in [-0.39, 0.29) is 35.8 Å². The Morgan fingerprint density at radius 2 is 2.03 bits per heavy atom. The van der Waals surface area contributed by atoms with Gasteiger partial charge in [0.2, 0.25) is 5.91 Å². The van der Waals surface area contributed by atoms with Gasteiger partial charge < -0.3 is 15.4 Å². The number of benzene rings is 1. The number of halogens is 2. The van der Waals surface area contributed by atoms with E-state index < -0.39 is 11.7 Å². The first kappa shape index (κ1) is 25.1. The van der Waals surface area contributed by atoms with E-state index in [0.29, 0.717) is 34.6 Å². The number of ether oxygens (including phenoxy) is 1. The molecule has 0 aliphatic carbocycles. The molecule has 2 atom stereocenters. The summed E-state index contributed by atoms with van der Waals surface area (Å²) in [5, 5.41) is 5.54. The first-order valence-electron chi connectivity index (χ1n) is 11.0. The predicted molar refractivity (Wildman–Crippen MR) is 133 cm³/mol. The lowest BCUT2D eigenvalue weighted by atomic mass is 10.2. The van der Waals surface area contributed by atoms with Crippen LogP contribution in [0.25, 0.3) is 5.69 Å². The van der Waals surface area contributed by atoms with E-state index in [1.165, 1.54) is 34.1 Å². The minimum atomic E-state index is -0.653. The molecular formula is C24H24ClFN4O4S. The number of carbonyl (C=O) groups excluding carboxylic acids is 2. The van der Waals surface area contributed by atoms with Gasteiger partial charge in [0.1, 0.15) is 5.82 Å². The van der Waals surface area contributed by atoms with Crippen LogP contribution < -0.4 is 16.2 Å². The molecule has 184 valence electrons. The van der Waals surface area contributed by atoms with Crippen molar-refractivity contribution in [1.82, 2.24) is 14.8 Å². The molecule has 8 nitrogen and oxygen atoms in total. The number of pyridine rings is 1. The molecule has 0 radical (unpaired) electrons. The minimum Gasteiger partial charge on any atom is -0.375 e. The monoisotopic (exact) mass is 518 g/mol. The van der Waals surface area contributed by atoms with Crippen molar-refractivity contribution in [1.29, 1.82) is 0 Å². The van der Waals surface area contributed by atoms with Crippen LogP contribution in [-0.2, 0) is 9.53 Å². The topological polar surface area (TPSA) is 92.7 Å². The molecule has 0 spiro atoms. The van der Waals surface area contributed by atoms with E-state index in [4.69, 9.17) is 16.3 Å². The predicted octanol–water partition coefficient (Wildman–Crippen LogP) is 3.15. The second-order valence-electron chi connectivity index (χ2n) is 7.99. The lowest BCUT2D eigenvalue weighted by Gasteiger charge is -2.19. The summed E-state index contributed by atoms with van der Waals surface area (Å²) in [6.45, 7) is 3.17. The largest absolute Gasteiger partial charge is 0.375 e. The summed E-state index contributed by atoms with van der Waals surface area (Å²) < 4.78 is 22.3. The Kier molecular flexibility index (Phi) is 7.97. The maximum Gasteiger partial charge on any atom is 0.261 e. The average Bonchev–Trinajstić information content (AvgIpc) is 3.41. The molecule has 2 amide bonds. The average molecular weight is 519 g/mol. The quantitative estimate of drug-likeness (QED) is 0.478. The number of aromatic nitrogens is 1. The van der Waals surface area contributed by atoms with Gasteiger partial charge in [0.25, 0.3) is 11.5 Å². The van der Waals surface area contributed by atoms with Crippen LogP contribution >= 0.6 is 22.9 Å². The number of anilines is 1. The molecule has 1 fully saturated rings. The van der Waals surface area contributed by atoms with Gasteiger partial charge in [0, 0.05) is 38.0 Å². The highest BCUT2D eigenvalue weighted by molar-refractivity contribution is 7.18. The highest BCUT2D eigenvalue weighted by Crippen LogP contribution is 2.23. The zero-order chi connectivity index (χ0) is 24.9. The van der Waals surface area contributed by atoms with Crippen molar-refractivity contribution in [2.45, 2.75) is 19.1 Å². The number of thiophene rings is 1. The Balaban J connectivity index is 1.37. The van der Waals surface area contributed by atoms with Gasteiger partial charge in [-0.1, -0.05) is 17.7 Å². The smallest absolute Gasteiger partial charge is 0.261 e. The van der Waals surface area contributed by atoms with Crippen LogP contribution in [0.1, 0.15) is 16.6 Å². The van der Waals surface area contributed by atoms with Crippen LogP contribution in [0.2, 0.25) is 4.34 Å². The number of hydrogen-bond donors (Lipinski definition) is 2. The summed E-state index contributed by atoms with van der Waals surface area (Å²) in [4.78, 5) is 39.5. The molecule has 0 bridgehead atoms. The molecule has 1 aromatic carbocycles. The van der Waals surface area contributed by atoms with Crippen molar-refractivity contribution in [3.05, 3.63) is 80.1 Å². The van der Waals surface area contributed by atoms with Crippen LogP contribution in [0.3, 0.4) is 0 Å². The minimum absolute atomic E-state index is 0.000109. The van der Waals surface area contributed by atoms with Crippen LogP contribution in [0.5, 0.6) is 0 Å². The Labute approximate surface area is 210 Å². The van der Waals surface area contributed by atoms with Crippen molar-refractivity contribution in [2.24, 2.45) is 0 Å². The summed E-state index contributed by atoms with van der Waals surface area (Å²) in [6.07, 6.45) is 1.26. The van der Waals surface area contributed by atoms with Crippen molar-refractivity contribution in [2.75, 3.05) is 31.6 Å². The second-order valence-corrected chi connectivity index (χ2v) is 9.71. The zero-order valence-corrected chi connectivity index (χ0v) is 20.4. The maximum absolute atomic E-state index is 14.7. The number of likely N-dealkylation sites (tertiary alicyclic amines) is 1. The first-order valence-corrected chi connectivity index (χ1v) is 12.2. The summed E-state index contributed by atoms with van der Waals surface area (Å²) in [6, 6.07) is 11.8. The normalized spacial score (nSPS) is 17.9. The van der Waals surface area contributed by atoms with Gasteiger partial charge in [-0.2, -0.15) is 0 Å². The second kappa shape index (κ2) is 11.1. The van der Waals surface area contributed by atoms with Crippen molar-refractivity contribution >= 4 is 40.4 Å². The first-order chi connectivity index (χ1) is 16.8. The van der Waals surface area contributed by atoms with Gasteiger partial charge in [-0.15, -0.1) is 11.3 Å². The summed E-state index contributed by atoms with van der Waals surface area (Å²) in [5.41, 5.74) is 0.0870. The van der Waals surface area contributed by atoms with Crippen LogP contribution in [0.15, 0.2) is 59.5 Å². The number of nitrogens with zero attached hydrogens (tertiary/aromatic N) is 2. The van der Waals surface area contributed by atoms with E-state index in [1.54, 1.807) is 36.5 Å². The zero-order valence-electron chi connectivity index (χ0n) is 18.9. The van der Waals surface area contributed by atoms with Crippen LogP contribution in [-0.4, -0.2) is 59.7 Å². The molecule has 0 unspecified atom stereocenters. The Bertz CT molecular complexity index is 1280. The van der Waals surface area contributed by atoms with Gasteiger partial charge in [-0.05, 0) is 37.3 Å². The Morgan fingerprint density at radius 1 is 1.20 bits per heavy atom. The summed E-state index contributed by atoms with van der Waals surface area (Å²) in [7, 11) is 0. The number of amides is 2. The summed E-state index contributed by atoms with van der Waals surface area (Å²) >= 11 is 7.11. The third kappa shape index (κ3) is 6.15. The molecule has 0 saturated carbocycles. The molecule has 3 aromatic rings. The third-order valence-electron chi connectivity index (χ3n) is 5.53. The number of hydrogen-bond acceptors (Lipinski definition) is 6. The van der Waals surface area contributed by atoms with Gasteiger partial charge >= 0.3 is 0 Å². The van der Waals surface area contributed by atoms with Crippen LogP contribution in [0.4, 0.5) is 10.1 Å². The number of carbonyl (C=O) groups is 2. The van der Waals surface area contributed by atoms with Crippen molar-refractivity contribution in [3.8, 4) is 5.69 Å². The van der Waals surface area contributed by atoms with Crippen molar-refractivity contribution < 1.29 is 18.7 Å². The number of rotatable bonds is 8. The Morgan fingerprint density at radius 3 is 2.71 bits per heavy atom. The van der Waals surface area contributed by atoms with Gasteiger partial charge in [0.15, 0.2) is 0 Å². The molecule has 3 heterocycles. The molecule has 11 heteroatoms. The highest BCUT2D eigenvalue weighted by atomic mass is 35.5. The maximum atomic E-state index is 14.7. The summed E-state index contributed by atoms with van der Waals surface area (Å²) in [5.74, 6) is -1.30. The Hall–Kier alpha value is -3.05. The molecular weight excluding hydrogens is 495 g/mol. The molecule has 1 aliphatic heterocycles. The fourth-order valence-electron chi connectivity index (χ4n) is 3.97. The lowest BCUT2D eigenvalue weighted by Crippen LogP contribution is -2.43. The van der Waals surface area contributed by atoms with E-state index in [0.717, 1.165) is 0 Å². The number of nitrogens with one attached hydrogen (secondary N) is 2. The molecule has 1 aliphatic rings. The van der Waals surface area contributed by atoms with Crippen molar-refractivity contribution in [3.63, 3.8) is 0 Å². The highest BCUT2D eigenvalue weighted by Gasteiger charge is 2.35. The van der Waals surface area contributed by atoms with Gasteiger partial charge in [0.05, 0.1) is 39.3 Å². The van der Waals surface area contributed by atoms with E-state index in [2.05, 4.69) is 10.6 Å². The van der Waals surface area contributed by atoms with Crippen LogP contribution in [0, 0.1) is 5.82 Å². The fourth-order valence-corrected chi connectivity index (χ4v) is 4.91. The van der Waals surface area contributed by atoms with E-state index in [9.17, 15) is 18.8 Å². The molecule has 35 heavy (non-hydrogen) atoms. The van der Waals surface area contributed by atoms with Gasteiger partial charge in [-0.25, -0.2) is 4.39 Å². The van der Waals surface area contributed by atoms with E-state index >= 15 is 0 Å². The SMILES string of the molecule is CCO[C@H]1CN(CC(=O)Nc2ccc(-n3ccccc3=O)cc2F)C[C@@H]1NC(=O)c1ccc(Cl)s1. The van der Waals surface area contributed by atoms with E-state index in [1.807, 2.05) is 11.8 Å². The third-order valence-corrected chi connectivity index (χ3v) is 6.76. The molecule has 4 rings (SSSR count).